The van der Waals surface area contributed by atoms with Crippen LogP contribution in [0.3, 0.4) is 0 Å². The second-order valence-electron chi connectivity index (χ2n) is 6.96. The van der Waals surface area contributed by atoms with Gasteiger partial charge in [-0.3, -0.25) is 4.90 Å². The molecule has 2 unspecified atom stereocenters. The first kappa shape index (κ1) is 15.5. The molecule has 1 saturated carbocycles. The smallest absolute Gasteiger partial charge is 0.147 e. The summed E-state index contributed by atoms with van der Waals surface area (Å²) in [6.07, 6.45) is 4.45. The highest BCUT2D eigenvalue weighted by Crippen LogP contribution is 2.39. The number of ether oxygens (including phenoxy) is 2. The lowest BCUT2D eigenvalue weighted by Gasteiger charge is -2.29. The Labute approximate surface area is 136 Å². The van der Waals surface area contributed by atoms with E-state index in [1.165, 1.54) is 18.7 Å². The molecule has 0 amide bonds. The molecule has 1 N–H and O–H groups in total. The van der Waals surface area contributed by atoms with Crippen molar-refractivity contribution in [3.05, 3.63) is 11.6 Å². The SMILES string of the molecule is OC(COCC1CCCO1)CN1CCn2c(nnc2C2CC2)C1. The van der Waals surface area contributed by atoms with Gasteiger partial charge in [-0.05, 0) is 25.7 Å². The molecule has 1 aromatic rings. The van der Waals surface area contributed by atoms with Gasteiger partial charge in [0.15, 0.2) is 0 Å². The van der Waals surface area contributed by atoms with Crippen molar-refractivity contribution in [2.45, 2.75) is 56.9 Å². The molecule has 3 heterocycles. The first-order chi connectivity index (χ1) is 11.3. The molecule has 1 saturated heterocycles. The van der Waals surface area contributed by atoms with Crippen LogP contribution in [0, 0.1) is 0 Å². The van der Waals surface area contributed by atoms with Crippen molar-refractivity contribution in [1.82, 2.24) is 19.7 Å². The quantitative estimate of drug-likeness (QED) is 0.789. The van der Waals surface area contributed by atoms with Crippen molar-refractivity contribution in [1.29, 1.82) is 0 Å². The van der Waals surface area contributed by atoms with E-state index in [4.69, 9.17) is 9.47 Å². The Balaban J connectivity index is 1.21. The second-order valence-corrected chi connectivity index (χ2v) is 6.96. The summed E-state index contributed by atoms with van der Waals surface area (Å²) in [6, 6.07) is 0. The standard InChI is InChI=1S/C16H26N4O3/c21-13(10-22-11-14-2-1-7-23-14)8-19-5-6-20-15(9-19)17-18-16(20)12-3-4-12/h12-14,21H,1-11H2. The van der Waals surface area contributed by atoms with Gasteiger partial charge in [-0.2, -0.15) is 0 Å². The van der Waals surface area contributed by atoms with E-state index >= 15 is 0 Å². The summed E-state index contributed by atoms with van der Waals surface area (Å²) in [5, 5.41) is 18.9. The third-order valence-corrected chi connectivity index (χ3v) is 4.91. The van der Waals surface area contributed by atoms with E-state index in [9.17, 15) is 5.11 Å². The maximum absolute atomic E-state index is 10.2. The molecule has 7 heteroatoms. The normalized spacial score (nSPS) is 26.4. The van der Waals surface area contributed by atoms with Gasteiger partial charge >= 0.3 is 0 Å². The van der Waals surface area contributed by atoms with E-state index in [1.54, 1.807) is 0 Å². The Hall–Kier alpha value is -1.02. The third kappa shape index (κ3) is 3.74. The Morgan fingerprint density at radius 2 is 2.17 bits per heavy atom. The molecule has 0 aromatic carbocycles. The molecular weight excluding hydrogens is 296 g/mol. The van der Waals surface area contributed by atoms with Gasteiger partial charge in [0.05, 0.1) is 32.0 Å². The summed E-state index contributed by atoms with van der Waals surface area (Å²) in [5.41, 5.74) is 0. The van der Waals surface area contributed by atoms with E-state index in [1.807, 2.05) is 0 Å². The monoisotopic (exact) mass is 322 g/mol. The molecule has 0 spiro atoms. The van der Waals surface area contributed by atoms with Gasteiger partial charge in [-0.1, -0.05) is 0 Å². The molecule has 2 aliphatic heterocycles. The van der Waals surface area contributed by atoms with Crippen LogP contribution in [-0.4, -0.2) is 69.9 Å². The molecule has 23 heavy (non-hydrogen) atoms. The van der Waals surface area contributed by atoms with Crippen LogP contribution in [0.2, 0.25) is 0 Å². The lowest BCUT2D eigenvalue weighted by molar-refractivity contribution is -0.0271. The number of β-amino-alcohol motifs (C(OH)–C–C–N with tert-alkyl or cyclic N) is 1. The van der Waals surface area contributed by atoms with Gasteiger partial charge in [-0.25, -0.2) is 0 Å². The maximum atomic E-state index is 10.2. The minimum absolute atomic E-state index is 0.219. The Kier molecular flexibility index (Phi) is 4.61. The van der Waals surface area contributed by atoms with Crippen molar-refractivity contribution < 1.29 is 14.6 Å². The molecule has 2 atom stereocenters. The van der Waals surface area contributed by atoms with Crippen LogP contribution in [0.4, 0.5) is 0 Å². The zero-order chi connectivity index (χ0) is 15.6. The number of aromatic nitrogens is 3. The van der Waals surface area contributed by atoms with Gasteiger partial charge < -0.3 is 19.1 Å². The highest BCUT2D eigenvalue weighted by Gasteiger charge is 2.32. The van der Waals surface area contributed by atoms with Gasteiger partial charge in [0.1, 0.15) is 11.6 Å². The molecule has 4 rings (SSSR count). The van der Waals surface area contributed by atoms with Crippen LogP contribution in [0.5, 0.6) is 0 Å². The van der Waals surface area contributed by atoms with Crippen molar-refractivity contribution in [2.75, 3.05) is 32.9 Å². The molecule has 7 nitrogen and oxygen atoms in total. The Morgan fingerprint density at radius 3 is 2.96 bits per heavy atom. The lowest BCUT2D eigenvalue weighted by atomic mass is 10.2. The van der Waals surface area contributed by atoms with E-state index < -0.39 is 6.10 Å². The summed E-state index contributed by atoms with van der Waals surface area (Å²) in [7, 11) is 0. The Bertz CT molecular complexity index is 525. The summed E-state index contributed by atoms with van der Waals surface area (Å²) in [5.74, 6) is 2.84. The van der Waals surface area contributed by atoms with Gasteiger partial charge in [0.25, 0.3) is 0 Å². The van der Waals surface area contributed by atoms with E-state index in [2.05, 4.69) is 19.7 Å². The third-order valence-electron chi connectivity index (χ3n) is 4.91. The van der Waals surface area contributed by atoms with E-state index in [0.29, 0.717) is 25.7 Å². The molecule has 2 fully saturated rings. The molecule has 0 bridgehead atoms. The topological polar surface area (TPSA) is 72.6 Å². The van der Waals surface area contributed by atoms with Crippen molar-refractivity contribution in [2.24, 2.45) is 0 Å². The van der Waals surface area contributed by atoms with Gasteiger partial charge in [0, 0.05) is 32.2 Å². The fourth-order valence-corrected chi connectivity index (χ4v) is 3.49. The highest BCUT2D eigenvalue weighted by molar-refractivity contribution is 5.09. The summed E-state index contributed by atoms with van der Waals surface area (Å²) in [6.45, 7) is 5.06. The number of aliphatic hydroxyl groups is 1. The number of hydrogen-bond donors (Lipinski definition) is 1. The minimum atomic E-state index is -0.464. The van der Waals surface area contributed by atoms with Crippen LogP contribution in [0.1, 0.15) is 43.3 Å². The number of fused-ring (bicyclic) bond motifs is 1. The predicted molar refractivity (Wildman–Crippen MR) is 83.1 cm³/mol. The number of hydrogen-bond acceptors (Lipinski definition) is 6. The van der Waals surface area contributed by atoms with Gasteiger partial charge in [0.2, 0.25) is 0 Å². The predicted octanol–water partition coefficient (Wildman–Crippen LogP) is 0.528. The van der Waals surface area contributed by atoms with Crippen molar-refractivity contribution in [3.8, 4) is 0 Å². The number of aliphatic hydroxyl groups excluding tert-OH is 1. The van der Waals surface area contributed by atoms with Crippen molar-refractivity contribution >= 4 is 0 Å². The summed E-state index contributed by atoms with van der Waals surface area (Å²) in [4.78, 5) is 2.24. The van der Waals surface area contributed by atoms with Crippen molar-refractivity contribution in [3.63, 3.8) is 0 Å². The molecular formula is C16H26N4O3. The average molecular weight is 322 g/mol. The van der Waals surface area contributed by atoms with E-state index in [0.717, 1.165) is 44.9 Å². The van der Waals surface area contributed by atoms with Crippen LogP contribution < -0.4 is 0 Å². The molecule has 128 valence electrons. The van der Waals surface area contributed by atoms with Crippen LogP contribution in [0.15, 0.2) is 0 Å². The molecule has 1 aromatic heterocycles. The first-order valence-corrected chi connectivity index (χ1v) is 8.81. The minimum Gasteiger partial charge on any atom is -0.389 e. The van der Waals surface area contributed by atoms with E-state index in [-0.39, 0.29) is 6.10 Å². The number of rotatable bonds is 7. The number of nitrogens with zero attached hydrogens (tertiary/aromatic N) is 4. The highest BCUT2D eigenvalue weighted by atomic mass is 16.5. The summed E-state index contributed by atoms with van der Waals surface area (Å²) >= 11 is 0. The Morgan fingerprint density at radius 1 is 1.26 bits per heavy atom. The lowest BCUT2D eigenvalue weighted by Crippen LogP contribution is -2.40. The summed E-state index contributed by atoms with van der Waals surface area (Å²) < 4.78 is 13.4. The van der Waals surface area contributed by atoms with Gasteiger partial charge in [-0.15, -0.1) is 10.2 Å². The van der Waals surface area contributed by atoms with Crippen LogP contribution >= 0.6 is 0 Å². The fraction of sp³-hybridized carbons (Fsp3) is 0.875. The molecule has 3 aliphatic rings. The van der Waals surface area contributed by atoms with Crippen LogP contribution in [-0.2, 0) is 22.6 Å². The fourth-order valence-electron chi connectivity index (χ4n) is 3.49. The van der Waals surface area contributed by atoms with Crippen LogP contribution in [0.25, 0.3) is 0 Å². The molecule has 0 radical (unpaired) electrons. The molecule has 1 aliphatic carbocycles. The largest absolute Gasteiger partial charge is 0.389 e. The average Bonchev–Trinajstić information content (AvgIpc) is 3.09. The zero-order valence-corrected chi connectivity index (χ0v) is 13.6. The second kappa shape index (κ2) is 6.84. The zero-order valence-electron chi connectivity index (χ0n) is 13.6. The maximum Gasteiger partial charge on any atom is 0.147 e. The first-order valence-electron chi connectivity index (χ1n) is 8.81.